The molecule has 3 N–H and O–H groups in total. The van der Waals surface area contributed by atoms with Gasteiger partial charge in [0.2, 0.25) is 0 Å². The maximum absolute atomic E-state index is 12.1. The molecule has 0 aliphatic heterocycles. The molecule has 0 saturated heterocycles. The van der Waals surface area contributed by atoms with Gasteiger partial charge in [-0.1, -0.05) is 13.8 Å². The predicted octanol–water partition coefficient (Wildman–Crippen LogP) is 1.93. The number of aromatic nitrogens is 1. The van der Waals surface area contributed by atoms with Crippen LogP contribution in [0, 0.1) is 5.92 Å². The summed E-state index contributed by atoms with van der Waals surface area (Å²) in [4.78, 5) is 12.1. The number of nitrogens with zero attached hydrogens (tertiary/aromatic N) is 1. The molecule has 18 heavy (non-hydrogen) atoms. The maximum atomic E-state index is 12.1. The monoisotopic (exact) mass is 249 g/mol. The summed E-state index contributed by atoms with van der Waals surface area (Å²) in [5.74, 6) is 0.367. The van der Waals surface area contributed by atoms with Gasteiger partial charge < -0.3 is 15.6 Å². The Morgan fingerprint density at radius 1 is 1.56 bits per heavy atom. The molecule has 0 bridgehead atoms. The minimum atomic E-state index is -0.0111. The summed E-state index contributed by atoms with van der Waals surface area (Å²) >= 11 is 0. The van der Waals surface area contributed by atoms with Crippen LogP contribution in [0.2, 0.25) is 0 Å². The van der Waals surface area contributed by atoms with Gasteiger partial charge in [-0.05, 0) is 37.3 Å². The van der Waals surface area contributed by atoms with Crippen LogP contribution in [-0.2, 0) is 0 Å². The molecule has 4 nitrogen and oxygen atoms in total. The minimum absolute atomic E-state index is 0.0111. The number of amides is 1. The quantitative estimate of drug-likeness (QED) is 0.837. The van der Waals surface area contributed by atoms with E-state index in [2.05, 4.69) is 23.7 Å². The predicted molar refractivity (Wildman–Crippen MR) is 72.5 cm³/mol. The van der Waals surface area contributed by atoms with Crippen LogP contribution in [0.1, 0.15) is 49.6 Å². The number of hydrogen-bond acceptors (Lipinski definition) is 2. The van der Waals surface area contributed by atoms with Crippen LogP contribution in [-0.4, -0.2) is 23.1 Å². The van der Waals surface area contributed by atoms with Crippen LogP contribution in [0.25, 0.3) is 0 Å². The molecule has 1 aliphatic rings. The number of nitrogens with one attached hydrogen (secondary N) is 1. The summed E-state index contributed by atoms with van der Waals surface area (Å²) in [5.41, 5.74) is 6.69. The van der Waals surface area contributed by atoms with Gasteiger partial charge in [0, 0.05) is 24.8 Å². The lowest BCUT2D eigenvalue weighted by molar-refractivity contribution is 0.0934. The van der Waals surface area contributed by atoms with Crippen molar-refractivity contribution in [2.45, 2.75) is 45.2 Å². The van der Waals surface area contributed by atoms with Gasteiger partial charge in [-0.2, -0.15) is 0 Å². The molecule has 1 aliphatic carbocycles. The van der Waals surface area contributed by atoms with Crippen molar-refractivity contribution in [3.8, 4) is 0 Å². The Kier molecular flexibility index (Phi) is 4.07. The number of carbonyl (C=O) groups excluding carboxylic acids is 1. The molecule has 0 aromatic carbocycles. The van der Waals surface area contributed by atoms with E-state index in [0.29, 0.717) is 18.5 Å². The number of carbonyl (C=O) groups is 1. The summed E-state index contributed by atoms with van der Waals surface area (Å²) in [7, 11) is 0. The van der Waals surface area contributed by atoms with Gasteiger partial charge in [-0.25, -0.2) is 0 Å². The standard InChI is InChI=1S/C14H23N3O/c1-10(2)12(15)9-16-14(18)13-7-4-8-17(13)11-5-3-6-11/h4,7-8,10-12H,3,5-6,9,15H2,1-2H3,(H,16,18). The molecule has 1 unspecified atom stereocenters. The van der Waals surface area contributed by atoms with Gasteiger partial charge in [-0.15, -0.1) is 0 Å². The second-order valence-electron chi connectivity index (χ2n) is 5.50. The first-order chi connectivity index (χ1) is 8.59. The molecule has 1 fully saturated rings. The number of hydrogen-bond donors (Lipinski definition) is 2. The van der Waals surface area contributed by atoms with Crippen LogP contribution >= 0.6 is 0 Å². The third kappa shape index (κ3) is 2.75. The largest absolute Gasteiger partial charge is 0.349 e. The second-order valence-corrected chi connectivity index (χ2v) is 5.50. The zero-order valence-electron chi connectivity index (χ0n) is 11.2. The molecule has 1 heterocycles. The Balaban J connectivity index is 1.94. The summed E-state index contributed by atoms with van der Waals surface area (Å²) in [6, 6.07) is 4.35. The highest BCUT2D eigenvalue weighted by molar-refractivity contribution is 5.92. The summed E-state index contributed by atoms with van der Waals surface area (Å²) in [6.07, 6.45) is 5.63. The van der Waals surface area contributed by atoms with Crippen molar-refractivity contribution in [1.82, 2.24) is 9.88 Å². The zero-order valence-corrected chi connectivity index (χ0v) is 11.2. The average molecular weight is 249 g/mol. The summed E-state index contributed by atoms with van der Waals surface area (Å²) < 4.78 is 2.10. The van der Waals surface area contributed by atoms with Gasteiger partial charge in [0.15, 0.2) is 0 Å². The third-order valence-corrected chi connectivity index (χ3v) is 3.83. The van der Waals surface area contributed by atoms with Crippen LogP contribution in [0.3, 0.4) is 0 Å². The third-order valence-electron chi connectivity index (χ3n) is 3.83. The van der Waals surface area contributed by atoms with Crippen molar-refractivity contribution in [1.29, 1.82) is 0 Å². The topological polar surface area (TPSA) is 60.0 Å². The summed E-state index contributed by atoms with van der Waals surface area (Å²) in [5, 5.41) is 2.92. The zero-order chi connectivity index (χ0) is 13.1. The molecule has 2 rings (SSSR count). The van der Waals surface area contributed by atoms with Gasteiger partial charge in [0.25, 0.3) is 5.91 Å². The Labute approximate surface area is 109 Å². The highest BCUT2D eigenvalue weighted by atomic mass is 16.1. The number of nitrogens with two attached hydrogens (primary N) is 1. The molecule has 4 heteroatoms. The first-order valence-electron chi connectivity index (χ1n) is 6.80. The van der Waals surface area contributed by atoms with E-state index in [1.807, 2.05) is 18.3 Å². The van der Waals surface area contributed by atoms with E-state index in [1.165, 1.54) is 19.3 Å². The first-order valence-corrected chi connectivity index (χ1v) is 6.80. The lowest BCUT2D eigenvalue weighted by Crippen LogP contribution is -2.41. The van der Waals surface area contributed by atoms with Crippen molar-refractivity contribution in [2.24, 2.45) is 11.7 Å². The molecule has 1 atom stereocenters. The van der Waals surface area contributed by atoms with E-state index in [-0.39, 0.29) is 11.9 Å². The Morgan fingerprint density at radius 2 is 2.28 bits per heavy atom. The molecule has 1 aromatic heterocycles. The molecule has 100 valence electrons. The lowest BCUT2D eigenvalue weighted by atomic mass is 9.93. The van der Waals surface area contributed by atoms with Crippen molar-refractivity contribution in [3.05, 3.63) is 24.0 Å². The number of rotatable bonds is 5. The average Bonchev–Trinajstić information content (AvgIpc) is 2.71. The van der Waals surface area contributed by atoms with Crippen molar-refractivity contribution < 1.29 is 4.79 Å². The van der Waals surface area contributed by atoms with Crippen LogP contribution < -0.4 is 11.1 Å². The van der Waals surface area contributed by atoms with E-state index < -0.39 is 0 Å². The smallest absolute Gasteiger partial charge is 0.267 e. The second kappa shape index (κ2) is 5.57. The summed E-state index contributed by atoms with van der Waals surface area (Å²) in [6.45, 7) is 4.66. The first kappa shape index (κ1) is 13.1. The molecule has 0 radical (unpaired) electrons. The lowest BCUT2D eigenvalue weighted by Gasteiger charge is -2.29. The van der Waals surface area contributed by atoms with Gasteiger partial charge in [0.05, 0.1) is 0 Å². The van der Waals surface area contributed by atoms with Crippen molar-refractivity contribution in [3.63, 3.8) is 0 Å². The molecular weight excluding hydrogens is 226 g/mol. The van der Waals surface area contributed by atoms with E-state index in [4.69, 9.17) is 5.73 Å². The minimum Gasteiger partial charge on any atom is -0.349 e. The highest BCUT2D eigenvalue weighted by Gasteiger charge is 2.23. The van der Waals surface area contributed by atoms with Crippen LogP contribution in [0.5, 0.6) is 0 Å². The van der Waals surface area contributed by atoms with Gasteiger partial charge >= 0.3 is 0 Å². The molecule has 1 saturated carbocycles. The molecular formula is C14H23N3O. The van der Waals surface area contributed by atoms with E-state index in [0.717, 1.165) is 5.69 Å². The maximum Gasteiger partial charge on any atom is 0.267 e. The molecule has 1 aromatic rings. The van der Waals surface area contributed by atoms with Crippen molar-refractivity contribution >= 4 is 5.91 Å². The van der Waals surface area contributed by atoms with Crippen LogP contribution in [0.15, 0.2) is 18.3 Å². The Hall–Kier alpha value is -1.29. The van der Waals surface area contributed by atoms with E-state index >= 15 is 0 Å². The fourth-order valence-electron chi connectivity index (χ4n) is 2.11. The Bertz CT molecular complexity index is 407. The van der Waals surface area contributed by atoms with E-state index in [1.54, 1.807) is 0 Å². The molecule has 0 spiro atoms. The SMILES string of the molecule is CC(C)C(N)CNC(=O)c1cccn1C1CCC1. The van der Waals surface area contributed by atoms with Gasteiger partial charge in [0.1, 0.15) is 5.69 Å². The van der Waals surface area contributed by atoms with E-state index in [9.17, 15) is 4.79 Å². The Morgan fingerprint density at radius 3 is 2.83 bits per heavy atom. The van der Waals surface area contributed by atoms with Gasteiger partial charge in [-0.3, -0.25) is 4.79 Å². The van der Waals surface area contributed by atoms with Crippen molar-refractivity contribution in [2.75, 3.05) is 6.54 Å². The highest BCUT2D eigenvalue weighted by Crippen LogP contribution is 2.32. The fourth-order valence-corrected chi connectivity index (χ4v) is 2.11. The molecule has 1 amide bonds. The van der Waals surface area contributed by atoms with Crippen LogP contribution in [0.4, 0.5) is 0 Å². The normalized spacial score (nSPS) is 17.6. The fraction of sp³-hybridized carbons (Fsp3) is 0.643.